The van der Waals surface area contributed by atoms with Gasteiger partial charge in [0.2, 0.25) is 0 Å². The molecular weight excluding hydrogens is 408 g/mol. The molecule has 3 heteroatoms. The third-order valence-electron chi connectivity index (χ3n) is 13.5. The van der Waals surface area contributed by atoms with Crippen LogP contribution in [0, 0.1) is 56.7 Å². The molecule has 7 aliphatic rings. The van der Waals surface area contributed by atoms with E-state index in [-0.39, 0.29) is 34.2 Å². The molecule has 5 saturated carbocycles. The van der Waals surface area contributed by atoms with Gasteiger partial charge >= 0.3 is 5.97 Å². The van der Waals surface area contributed by atoms with Crippen LogP contribution in [0.1, 0.15) is 99.3 Å². The molecule has 2 aliphatic heterocycles. The van der Waals surface area contributed by atoms with E-state index in [2.05, 4.69) is 48.1 Å². The second-order valence-electron chi connectivity index (χ2n) is 14.8. The number of aliphatic hydroxyl groups is 1. The molecular formula is C30H46O3. The van der Waals surface area contributed by atoms with Crippen LogP contribution in [-0.2, 0) is 9.53 Å². The summed E-state index contributed by atoms with van der Waals surface area (Å²) in [5.41, 5.74) is 1.34. The second-order valence-corrected chi connectivity index (χ2v) is 14.8. The Labute approximate surface area is 201 Å². The van der Waals surface area contributed by atoms with Crippen LogP contribution in [0.25, 0.3) is 0 Å². The molecule has 11 atom stereocenters. The maximum atomic E-state index is 13.7. The maximum absolute atomic E-state index is 13.7. The normalized spacial score (nSPS) is 58.5. The van der Waals surface area contributed by atoms with Crippen molar-refractivity contribution in [3.05, 3.63) is 12.2 Å². The first-order chi connectivity index (χ1) is 15.3. The van der Waals surface area contributed by atoms with Gasteiger partial charge in [-0.1, -0.05) is 46.8 Å². The molecule has 0 amide bonds. The number of hydrogen-bond donors (Lipinski definition) is 1. The van der Waals surface area contributed by atoms with E-state index < -0.39 is 11.5 Å². The Morgan fingerprint density at radius 3 is 2.36 bits per heavy atom. The number of carbonyl (C=O) groups is 1. The van der Waals surface area contributed by atoms with Crippen molar-refractivity contribution in [3.8, 4) is 0 Å². The second kappa shape index (κ2) is 6.48. The minimum atomic E-state index is -0.497. The third-order valence-corrected chi connectivity index (χ3v) is 13.5. The lowest BCUT2D eigenvalue weighted by atomic mass is 9.31. The largest absolute Gasteiger partial charge is 0.461 e. The third kappa shape index (κ3) is 2.40. The Morgan fingerprint density at radius 1 is 0.970 bits per heavy atom. The first-order valence-corrected chi connectivity index (χ1v) is 13.9. The van der Waals surface area contributed by atoms with Gasteiger partial charge in [-0.05, 0) is 105 Å². The minimum absolute atomic E-state index is 0.00655. The van der Waals surface area contributed by atoms with Gasteiger partial charge in [-0.2, -0.15) is 0 Å². The predicted octanol–water partition coefficient (Wildman–Crippen LogP) is 6.54. The SMILES string of the molecule is C=C(C)[C@@H]1CC[C@]2(C)CC[C@]3(C)[C@H](C[C@@H](O)[C@@H]4[C@]56CC[C@H](OC5=O)C(C)(C)[C@H]6CC[C@]43C)[C@@H]12. The highest BCUT2D eigenvalue weighted by molar-refractivity contribution is 5.80. The molecule has 7 fully saturated rings. The summed E-state index contributed by atoms with van der Waals surface area (Å²) in [6.45, 7) is 18.9. The number of fused-ring (bicyclic) bond motifs is 7. The lowest BCUT2D eigenvalue weighted by Crippen LogP contribution is -2.74. The molecule has 184 valence electrons. The molecule has 1 spiro atoms. The molecule has 0 aromatic carbocycles. The molecule has 7 rings (SSSR count). The highest BCUT2D eigenvalue weighted by Gasteiger charge is 2.77. The first-order valence-electron chi connectivity index (χ1n) is 13.9. The fraction of sp³-hybridized carbons (Fsp3) is 0.900. The van der Waals surface area contributed by atoms with Crippen molar-refractivity contribution >= 4 is 5.97 Å². The van der Waals surface area contributed by atoms with Crippen LogP contribution in [-0.4, -0.2) is 23.3 Å². The van der Waals surface area contributed by atoms with Crippen LogP contribution >= 0.6 is 0 Å². The Kier molecular flexibility index (Phi) is 4.44. The van der Waals surface area contributed by atoms with Crippen molar-refractivity contribution in [2.75, 3.05) is 0 Å². The average Bonchev–Trinajstić information content (AvgIpc) is 3.08. The van der Waals surface area contributed by atoms with Crippen molar-refractivity contribution in [1.29, 1.82) is 0 Å². The van der Waals surface area contributed by atoms with E-state index in [4.69, 9.17) is 4.74 Å². The number of rotatable bonds is 1. The number of esters is 1. The van der Waals surface area contributed by atoms with E-state index in [0.29, 0.717) is 29.1 Å². The lowest BCUT2D eigenvalue weighted by molar-refractivity contribution is -0.303. The summed E-state index contributed by atoms with van der Waals surface area (Å²) < 4.78 is 6.14. The van der Waals surface area contributed by atoms with E-state index >= 15 is 0 Å². The van der Waals surface area contributed by atoms with Gasteiger partial charge in [-0.3, -0.25) is 4.79 Å². The molecule has 1 N–H and O–H groups in total. The van der Waals surface area contributed by atoms with Crippen molar-refractivity contribution in [2.24, 2.45) is 56.7 Å². The van der Waals surface area contributed by atoms with E-state index in [1.807, 2.05) is 0 Å². The van der Waals surface area contributed by atoms with Crippen molar-refractivity contribution < 1.29 is 14.6 Å². The van der Waals surface area contributed by atoms with Crippen LogP contribution in [0.2, 0.25) is 0 Å². The molecule has 0 unspecified atom stereocenters. The van der Waals surface area contributed by atoms with E-state index in [0.717, 1.165) is 32.1 Å². The molecule has 3 nitrogen and oxygen atoms in total. The zero-order valence-corrected chi connectivity index (χ0v) is 21.9. The highest BCUT2D eigenvalue weighted by Crippen LogP contribution is 2.78. The summed E-state index contributed by atoms with van der Waals surface area (Å²) >= 11 is 0. The molecule has 33 heavy (non-hydrogen) atoms. The highest BCUT2D eigenvalue weighted by atomic mass is 16.6. The van der Waals surface area contributed by atoms with Gasteiger partial charge in [-0.25, -0.2) is 0 Å². The number of aliphatic hydroxyl groups excluding tert-OH is 1. The molecule has 2 saturated heterocycles. The summed E-state index contributed by atoms with van der Waals surface area (Å²) in [6, 6.07) is 0. The summed E-state index contributed by atoms with van der Waals surface area (Å²) in [6.07, 6.45) is 9.68. The summed E-state index contributed by atoms with van der Waals surface area (Å²) in [4.78, 5) is 13.7. The Balaban J connectivity index is 1.48. The number of allylic oxidation sites excluding steroid dienone is 1. The molecule has 0 aromatic heterocycles. The van der Waals surface area contributed by atoms with Gasteiger partial charge in [0.1, 0.15) is 6.10 Å². The maximum Gasteiger partial charge on any atom is 0.313 e. The molecule has 0 aromatic rings. The van der Waals surface area contributed by atoms with E-state index in [9.17, 15) is 9.90 Å². The zero-order valence-electron chi connectivity index (χ0n) is 21.9. The fourth-order valence-electron chi connectivity index (χ4n) is 11.8. The molecule has 0 radical (unpaired) electrons. The van der Waals surface area contributed by atoms with Gasteiger partial charge in [-0.15, -0.1) is 0 Å². The van der Waals surface area contributed by atoms with Crippen LogP contribution in [0.3, 0.4) is 0 Å². The number of carbonyl (C=O) groups excluding carboxylic acids is 1. The van der Waals surface area contributed by atoms with E-state index in [1.54, 1.807) is 0 Å². The fourth-order valence-corrected chi connectivity index (χ4v) is 11.8. The smallest absolute Gasteiger partial charge is 0.313 e. The first kappa shape index (κ1) is 22.6. The van der Waals surface area contributed by atoms with Crippen LogP contribution in [0.15, 0.2) is 12.2 Å². The van der Waals surface area contributed by atoms with Crippen LogP contribution < -0.4 is 0 Å². The molecule has 2 bridgehead atoms. The standard InChI is InChI=1S/C30H46O3/c1-17(2)18-8-11-27(5)14-15-28(6)19(23(18)27)16-20(31)24-29(28,7)12-9-21-26(3,4)22-10-13-30(21,24)25(32)33-22/h18-24,31H,1,8-16H2,2-7H3/t18-,19+,20+,21+,22-,23+,24-,27+,28+,29+,30+/m0/s1. The number of ether oxygens (including phenoxy) is 1. The van der Waals surface area contributed by atoms with Gasteiger partial charge in [0, 0.05) is 11.3 Å². The lowest BCUT2D eigenvalue weighted by Gasteiger charge is -2.74. The predicted molar refractivity (Wildman–Crippen MR) is 130 cm³/mol. The Morgan fingerprint density at radius 2 is 1.70 bits per heavy atom. The monoisotopic (exact) mass is 454 g/mol. The quantitative estimate of drug-likeness (QED) is 0.361. The van der Waals surface area contributed by atoms with Crippen LogP contribution in [0.5, 0.6) is 0 Å². The molecule has 2 heterocycles. The van der Waals surface area contributed by atoms with Crippen molar-refractivity contribution in [3.63, 3.8) is 0 Å². The average molecular weight is 455 g/mol. The summed E-state index contributed by atoms with van der Waals surface area (Å²) in [5, 5.41) is 12.1. The van der Waals surface area contributed by atoms with Crippen molar-refractivity contribution in [1.82, 2.24) is 0 Å². The zero-order chi connectivity index (χ0) is 23.8. The Bertz CT molecular complexity index is 906. The van der Waals surface area contributed by atoms with Gasteiger partial charge in [0.05, 0.1) is 11.5 Å². The van der Waals surface area contributed by atoms with E-state index in [1.165, 1.54) is 31.3 Å². The minimum Gasteiger partial charge on any atom is -0.461 e. The van der Waals surface area contributed by atoms with Crippen molar-refractivity contribution in [2.45, 2.75) is 112 Å². The summed E-state index contributed by atoms with van der Waals surface area (Å²) in [7, 11) is 0. The Hall–Kier alpha value is -0.830. The summed E-state index contributed by atoms with van der Waals surface area (Å²) in [5.74, 6) is 2.08. The van der Waals surface area contributed by atoms with Gasteiger partial charge < -0.3 is 9.84 Å². The number of hydrogen-bond acceptors (Lipinski definition) is 3. The van der Waals surface area contributed by atoms with Gasteiger partial charge in [0.25, 0.3) is 0 Å². The van der Waals surface area contributed by atoms with Crippen LogP contribution in [0.4, 0.5) is 0 Å². The molecule has 5 aliphatic carbocycles. The van der Waals surface area contributed by atoms with Gasteiger partial charge in [0.15, 0.2) is 0 Å². The topological polar surface area (TPSA) is 46.5 Å².